The van der Waals surface area contributed by atoms with E-state index < -0.39 is 11.6 Å². The first-order valence-electron chi connectivity index (χ1n) is 7.56. The van der Waals surface area contributed by atoms with Crippen LogP contribution in [-0.4, -0.2) is 9.97 Å². The molecule has 25 heavy (non-hydrogen) atoms. The van der Waals surface area contributed by atoms with Gasteiger partial charge in [-0.1, -0.05) is 29.8 Å². The van der Waals surface area contributed by atoms with Crippen LogP contribution in [0.4, 0.5) is 26.2 Å². The molecule has 0 saturated carbocycles. The smallest absolute Gasteiger partial charge is 0.225 e. The number of aromatic nitrogens is 2. The van der Waals surface area contributed by atoms with Crippen molar-refractivity contribution in [2.24, 2.45) is 0 Å². The molecule has 128 valence electrons. The molecule has 0 unspecified atom stereocenters. The van der Waals surface area contributed by atoms with Crippen LogP contribution >= 0.6 is 11.6 Å². The van der Waals surface area contributed by atoms with Crippen molar-refractivity contribution in [1.29, 1.82) is 0 Å². The third-order valence-electron chi connectivity index (χ3n) is 3.43. The topological polar surface area (TPSA) is 49.8 Å². The van der Waals surface area contributed by atoms with Crippen molar-refractivity contribution in [3.8, 4) is 0 Å². The molecular weight excluding hydrogens is 346 g/mol. The van der Waals surface area contributed by atoms with Gasteiger partial charge in [0.2, 0.25) is 5.95 Å². The molecule has 0 spiro atoms. The van der Waals surface area contributed by atoms with Crippen LogP contribution in [0.25, 0.3) is 0 Å². The fraction of sp³-hybridized carbons (Fsp3) is 0.111. The number of nitrogens with zero attached hydrogens (tertiary/aromatic N) is 2. The molecule has 0 atom stereocenters. The lowest BCUT2D eigenvalue weighted by Crippen LogP contribution is -2.07. The quantitative estimate of drug-likeness (QED) is 0.666. The van der Waals surface area contributed by atoms with Crippen LogP contribution in [0, 0.1) is 18.6 Å². The van der Waals surface area contributed by atoms with Gasteiger partial charge < -0.3 is 10.6 Å². The Kier molecular flexibility index (Phi) is 5.09. The maximum atomic E-state index is 13.8. The summed E-state index contributed by atoms with van der Waals surface area (Å²) in [5.41, 5.74) is 1.42. The Balaban J connectivity index is 1.77. The number of hydrogen-bond acceptors (Lipinski definition) is 4. The maximum absolute atomic E-state index is 13.8. The number of benzene rings is 2. The van der Waals surface area contributed by atoms with E-state index in [0.717, 1.165) is 5.56 Å². The molecule has 0 bridgehead atoms. The first-order valence-corrected chi connectivity index (χ1v) is 7.94. The van der Waals surface area contributed by atoms with Gasteiger partial charge in [-0.3, -0.25) is 0 Å². The molecule has 4 nitrogen and oxygen atoms in total. The second-order valence-electron chi connectivity index (χ2n) is 5.42. The van der Waals surface area contributed by atoms with Gasteiger partial charge in [0.25, 0.3) is 0 Å². The fourth-order valence-electron chi connectivity index (χ4n) is 2.24. The van der Waals surface area contributed by atoms with Gasteiger partial charge in [0.05, 0.1) is 0 Å². The Morgan fingerprint density at radius 2 is 1.68 bits per heavy atom. The normalized spacial score (nSPS) is 10.6. The maximum Gasteiger partial charge on any atom is 0.225 e. The summed E-state index contributed by atoms with van der Waals surface area (Å²) < 4.78 is 27.5. The number of hydrogen-bond donors (Lipinski definition) is 2. The Hall–Kier alpha value is -2.73. The van der Waals surface area contributed by atoms with Crippen molar-refractivity contribution in [3.05, 3.63) is 76.4 Å². The molecule has 1 aromatic heterocycles. The van der Waals surface area contributed by atoms with Crippen LogP contribution in [0.5, 0.6) is 0 Å². The molecule has 0 saturated heterocycles. The number of aryl methyl sites for hydroxylation is 1. The summed E-state index contributed by atoms with van der Waals surface area (Å²) in [6, 6.07) is 12.6. The molecule has 7 heteroatoms. The van der Waals surface area contributed by atoms with E-state index in [1.54, 1.807) is 25.1 Å². The highest BCUT2D eigenvalue weighted by atomic mass is 35.5. The number of halogens is 3. The highest BCUT2D eigenvalue weighted by molar-refractivity contribution is 6.30. The van der Waals surface area contributed by atoms with Crippen LogP contribution < -0.4 is 10.6 Å². The second kappa shape index (κ2) is 7.44. The molecule has 2 N–H and O–H groups in total. The Bertz CT molecular complexity index is 864. The van der Waals surface area contributed by atoms with Gasteiger partial charge >= 0.3 is 0 Å². The number of para-hydroxylation sites is 1. The van der Waals surface area contributed by atoms with E-state index in [1.807, 2.05) is 12.1 Å². The predicted octanol–water partition coefficient (Wildman–Crippen LogP) is 5.07. The predicted molar refractivity (Wildman–Crippen MR) is 95.2 cm³/mol. The van der Waals surface area contributed by atoms with Gasteiger partial charge in [-0.05, 0) is 36.8 Å². The van der Waals surface area contributed by atoms with Gasteiger partial charge in [-0.15, -0.1) is 0 Å². The standard InChI is InChI=1S/C18H15ClF2N4/c1-11-9-16(24-17-14(20)3-2-4-15(17)21)25-18(23-11)22-10-12-5-7-13(19)8-6-12/h2-9H,10H2,1H3,(H2,22,23,24,25). The first kappa shape index (κ1) is 17.1. The Labute approximate surface area is 148 Å². The van der Waals surface area contributed by atoms with E-state index in [-0.39, 0.29) is 5.69 Å². The zero-order chi connectivity index (χ0) is 17.8. The van der Waals surface area contributed by atoms with E-state index in [0.29, 0.717) is 29.0 Å². The zero-order valence-electron chi connectivity index (χ0n) is 13.4. The lowest BCUT2D eigenvalue weighted by molar-refractivity contribution is 0.590. The molecular formula is C18H15ClF2N4. The van der Waals surface area contributed by atoms with E-state index >= 15 is 0 Å². The summed E-state index contributed by atoms with van der Waals surface area (Å²) >= 11 is 5.86. The summed E-state index contributed by atoms with van der Waals surface area (Å²) in [7, 11) is 0. The van der Waals surface area contributed by atoms with Crippen LogP contribution in [-0.2, 0) is 6.54 Å². The second-order valence-corrected chi connectivity index (χ2v) is 5.86. The lowest BCUT2D eigenvalue weighted by atomic mass is 10.2. The number of rotatable bonds is 5. The van der Waals surface area contributed by atoms with Gasteiger partial charge in [0.1, 0.15) is 23.1 Å². The van der Waals surface area contributed by atoms with E-state index in [1.165, 1.54) is 18.2 Å². The molecule has 0 aliphatic carbocycles. The van der Waals surface area contributed by atoms with Crippen LogP contribution in [0.15, 0.2) is 48.5 Å². The van der Waals surface area contributed by atoms with E-state index in [4.69, 9.17) is 11.6 Å². The molecule has 0 radical (unpaired) electrons. The van der Waals surface area contributed by atoms with Crippen LogP contribution in [0.1, 0.15) is 11.3 Å². The minimum Gasteiger partial charge on any atom is -0.350 e. The molecule has 0 aliphatic rings. The molecule has 3 aromatic rings. The fourth-order valence-corrected chi connectivity index (χ4v) is 2.37. The Morgan fingerprint density at radius 3 is 2.36 bits per heavy atom. The van der Waals surface area contributed by atoms with Gasteiger partial charge in [-0.2, -0.15) is 4.98 Å². The number of nitrogens with one attached hydrogen (secondary N) is 2. The third-order valence-corrected chi connectivity index (χ3v) is 3.69. The number of anilines is 3. The minimum absolute atomic E-state index is 0.246. The van der Waals surface area contributed by atoms with E-state index in [9.17, 15) is 8.78 Å². The summed E-state index contributed by atoms with van der Waals surface area (Å²) in [6.45, 7) is 2.27. The van der Waals surface area contributed by atoms with Crippen molar-refractivity contribution in [3.63, 3.8) is 0 Å². The molecule has 0 aliphatic heterocycles. The minimum atomic E-state index is -0.688. The highest BCUT2D eigenvalue weighted by Crippen LogP contribution is 2.23. The summed E-state index contributed by atoms with van der Waals surface area (Å²) in [5.74, 6) is -0.719. The summed E-state index contributed by atoms with van der Waals surface area (Å²) in [4.78, 5) is 8.53. The monoisotopic (exact) mass is 360 g/mol. The largest absolute Gasteiger partial charge is 0.350 e. The lowest BCUT2D eigenvalue weighted by Gasteiger charge is -2.11. The van der Waals surface area contributed by atoms with Crippen molar-refractivity contribution in [1.82, 2.24) is 9.97 Å². The summed E-state index contributed by atoms with van der Waals surface area (Å²) in [5, 5.41) is 6.41. The van der Waals surface area contributed by atoms with E-state index in [2.05, 4.69) is 20.6 Å². The van der Waals surface area contributed by atoms with Gasteiger partial charge in [0, 0.05) is 23.3 Å². The van der Waals surface area contributed by atoms with Crippen LogP contribution in [0.3, 0.4) is 0 Å². The molecule has 1 heterocycles. The van der Waals surface area contributed by atoms with Crippen molar-refractivity contribution in [2.45, 2.75) is 13.5 Å². The van der Waals surface area contributed by atoms with Crippen molar-refractivity contribution >= 4 is 29.1 Å². The van der Waals surface area contributed by atoms with Crippen LogP contribution in [0.2, 0.25) is 5.02 Å². The molecule has 0 amide bonds. The SMILES string of the molecule is Cc1cc(Nc2c(F)cccc2F)nc(NCc2ccc(Cl)cc2)n1. The Morgan fingerprint density at radius 1 is 1.00 bits per heavy atom. The molecule has 3 rings (SSSR count). The average molecular weight is 361 g/mol. The van der Waals surface area contributed by atoms with Crippen molar-refractivity contribution < 1.29 is 8.78 Å². The average Bonchev–Trinajstić information content (AvgIpc) is 2.57. The third kappa shape index (κ3) is 4.42. The molecule has 0 fully saturated rings. The first-order chi connectivity index (χ1) is 12.0. The van der Waals surface area contributed by atoms with Crippen molar-refractivity contribution in [2.75, 3.05) is 10.6 Å². The summed E-state index contributed by atoms with van der Waals surface area (Å²) in [6.07, 6.45) is 0. The molecule has 2 aromatic carbocycles. The zero-order valence-corrected chi connectivity index (χ0v) is 14.1. The van der Waals surface area contributed by atoms with Gasteiger partial charge in [0.15, 0.2) is 0 Å². The van der Waals surface area contributed by atoms with Gasteiger partial charge in [-0.25, -0.2) is 13.8 Å². The highest BCUT2D eigenvalue weighted by Gasteiger charge is 2.10.